The van der Waals surface area contributed by atoms with E-state index in [2.05, 4.69) is 0 Å². The van der Waals surface area contributed by atoms with Gasteiger partial charge in [0.15, 0.2) is 0 Å². The van der Waals surface area contributed by atoms with Gasteiger partial charge in [-0.2, -0.15) is 0 Å². The van der Waals surface area contributed by atoms with Crippen molar-refractivity contribution in [1.29, 1.82) is 0 Å². The van der Waals surface area contributed by atoms with Crippen molar-refractivity contribution in [1.82, 2.24) is 0 Å². The first-order chi connectivity index (χ1) is 6.71. The van der Waals surface area contributed by atoms with Gasteiger partial charge in [-0.05, 0) is 51.2 Å². The Labute approximate surface area is 86.4 Å². The van der Waals surface area contributed by atoms with E-state index in [1.807, 2.05) is 0 Å². The highest BCUT2D eigenvalue weighted by atomic mass is 14.8. The lowest BCUT2D eigenvalue weighted by Crippen LogP contribution is -2.59. The van der Waals surface area contributed by atoms with E-state index in [0.717, 1.165) is 19.3 Å². The third-order valence-electron chi connectivity index (χ3n) is 3.89. The van der Waals surface area contributed by atoms with Gasteiger partial charge in [0.2, 0.25) is 0 Å². The molecule has 0 spiro atoms. The fourth-order valence-corrected chi connectivity index (χ4v) is 2.61. The standard InChI is InChI=1S/C10H24N4/c11-5-1-2-9(14)10(7-13)4-3-8(10)6-12/h8-9H,1-7,11-14H2. The van der Waals surface area contributed by atoms with E-state index in [4.69, 9.17) is 22.9 Å². The topological polar surface area (TPSA) is 104 Å². The van der Waals surface area contributed by atoms with Crippen molar-refractivity contribution in [2.24, 2.45) is 34.3 Å². The SMILES string of the molecule is NCCCC(N)C1(CN)CCC1CN. The molecule has 8 N–H and O–H groups in total. The number of hydrogen-bond acceptors (Lipinski definition) is 4. The third kappa shape index (κ3) is 1.93. The highest BCUT2D eigenvalue weighted by molar-refractivity contribution is 5.02. The molecule has 0 aromatic heterocycles. The molecule has 0 bridgehead atoms. The van der Waals surface area contributed by atoms with Crippen LogP contribution >= 0.6 is 0 Å². The first-order valence-electron chi connectivity index (χ1n) is 5.57. The fraction of sp³-hybridized carbons (Fsp3) is 1.00. The lowest BCUT2D eigenvalue weighted by Gasteiger charge is -2.52. The summed E-state index contributed by atoms with van der Waals surface area (Å²) in [5.41, 5.74) is 23.3. The van der Waals surface area contributed by atoms with Crippen molar-refractivity contribution in [3.63, 3.8) is 0 Å². The molecule has 0 aromatic rings. The third-order valence-corrected chi connectivity index (χ3v) is 3.89. The molecular weight excluding hydrogens is 176 g/mol. The van der Waals surface area contributed by atoms with Gasteiger partial charge in [-0.1, -0.05) is 0 Å². The highest BCUT2D eigenvalue weighted by Crippen LogP contribution is 2.48. The van der Waals surface area contributed by atoms with Gasteiger partial charge in [-0.25, -0.2) is 0 Å². The van der Waals surface area contributed by atoms with E-state index in [0.29, 0.717) is 25.6 Å². The lowest BCUT2D eigenvalue weighted by molar-refractivity contribution is 0.0137. The highest BCUT2D eigenvalue weighted by Gasteiger charge is 2.48. The minimum atomic E-state index is 0.115. The van der Waals surface area contributed by atoms with Gasteiger partial charge >= 0.3 is 0 Å². The average Bonchev–Trinajstić information content (AvgIpc) is 2.15. The molecule has 14 heavy (non-hydrogen) atoms. The van der Waals surface area contributed by atoms with Crippen molar-refractivity contribution >= 4 is 0 Å². The number of nitrogens with two attached hydrogens (primary N) is 4. The first kappa shape index (κ1) is 11.9. The quantitative estimate of drug-likeness (QED) is 0.458. The molecule has 1 saturated carbocycles. The molecule has 1 aliphatic rings. The van der Waals surface area contributed by atoms with Crippen molar-refractivity contribution < 1.29 is 0 Å². The van der Waals surface area contributed by atoms with Crippen LogP contribution in [-0.2, 0) is 0 Å². The molecule has 4 heteroatoms. The van der Waals surface area contributed by atoms with Gasteiger partial charge in [0.1, 0.15) is 0 Å². The minimum absolute atomic E-state index is 0.115. The molecule has 0 aromatic carbocycles. The zero-order chi connectivity index (χ0) is 10.6. The molecule has 3 unspecified atom stereocenters. The number of rotatable bonds is 6. The predicted octanol–water partition coefficient (Wildman–Crippen LogP) is -0.634. The molecule has 0 radical (unpaired) electrons. The van der Waals surface area contributed by atoms with Crippen LogP contribution in [0.25, 0.3) is 0 Å². The molecule has 0 aliphatic heterocycles. The van der Waals surface area contributed by atoms with Crippen LogP contribution in [0.3, 0.4) is 0 Å². The molecule has 1 fully saturated rings. The second-order valence-corrected chi connectivity index (χ2v) is 4.45. The van der Waals surface area contributed by atoms with E-state index in [1.54, 1.807) is 0 Å². The zero-order valence-electron chi connectivity index (χ0n) is 8.91. The smallest absolute Gasteiger partial charge is 0.0111 e. The first-order valence-corrected chi connectivity index (χ1v) is 5.57. The summed E-state index contributed by atoms with van der Waals surface area (Å²) in [5.74, 6) is 0.528. The Morgan fingerprint density at radius 3 is 2.36 bits per heavy atom. The summed E-state index contributed by atoms with van der Waals surface area (Å²) in [7, 11) is 0. The normalized spacial score (nSPS) is 33.9. The zero-order valence-corrected chi connectivity index (χ0v) is 8.91. The Morgan fingerprint density at radius 2 is 2.00 bits per heavy atom. The molecule has 1 rings (SSSR count). The second kappa shape index (κ2) is 5.07. The summed E-state index contributed by atoms with van der Waals surface area (Å²) in [6, 6.07) is 0.179. The van der Waals surface area contributed by atoms with Crippen LogP contribution in [0, 0.1) is 11.3 Å². The summed E-state index contributed by atoms with van der Waals surface area (Å²) in [5, 5.41) is 0. The average molecular weight is 200 g/mol. The van der Waals surface area contributed by atoms with Crippen molar-refractivity contribution in [2.75, 3.05) is 19.6 Å². The van der Waals surface area contributed by atoms with E-state index >= 15 is 0 Å². The van der Waals surface area contributed by atoms with Crippen LogP contribution in [0.4, 0.5) is 0 Å². The van der Waals surface area contributed by atoms with Crippen molar-refractivity contribution in [3.05, 3.63) is 0 Å². The summed E-state index contributed by atoms with van der Waals surface area (Å²) in [6.45, 7) is 2.09. The van der Waals surface area contributed by atoms with Crippen LogP contribution in [0.1, 0.15) is 25.7 Å². The van der Waals surface area contributed by atoms with Gasteiger partial charge < -0.3 is 22.9 Å². The maximum absolute atomic E-state index is 6.19. The molecule has 0 saturated heterocycles. The molecule has 4 nitrogen and oxygen atoms in total. The summed E-state index contributed by atoms with van der Waals surface area (Å²) in [6.07, 6.45) is 4.28. The van der Waals surface area contributed by atoms with Gasteiger partial charge in [-0.3, -0.25) is 0 Å². The second-order valence-electron chi connectivity index (χ2n) is 4.45. The fourth-order valence-electron chi connectivity index (χ4n) is 2.61. The van der Waals surface area contributed by atoms with Crippen LogP contribution in [0.5, 0.6) is 0 Å². The molecular formula is C10H24N4. The van der Waals surface area contributed by atoms with Crippen molar-refractivity contribution in [2.45, 2.75) is 31.7 Å². The van der Waals surface area contributed by atoms with E-state index in [-0.39, 0.29) is 11.5 Å². The van der Waals surface area contributed by atoms with Crippen LogP contribution in [0.2, 0.25) is 0 Å². The van der Waals surface area contributed by atoms with E-state index < -0.39 is 0 Å². The van der Waals surface area contributed by atoms with Gasteiger partial charge in [0, 0.05) is 11.5 Å². The molecule has 3 atom stereocenters. The largest absolute Gasteiger partial charge is 0.330 e. The Bertz CT molecular complexity index is 168. The Kier molecular flexibility index (Phi) is 4.31. The van der Waals surface area contributed by atoms with Crippen LogP contribution < -0.4 is 22.9 Å². The molecule has 0 heterocycles. The summed E-state index contributed by atoms with van der Waals surface area (Å²) >= 11 is 0. The molecule has 0 amide bonds. The minimum Gasteiger partial charge on any atom is -0.330 e. The molecule has 1 aliphatic carbocycles. The predicted molar refractivity (Wildman–Crippen MR) is 59.5 cm³/mol. The van der Waals surface area contributed by atoms with E-state index in [1.165, 1.54) is 6.42 Å². The Balaban J connectivity index is 2.51. The maximum atomic E-state index is 6.19. The Hall–Kier alpha value is -0.160. The monoisotopic (exact) mass is 200 g/mol. The van der Waals surface area contributed by atoms with Gasteiger partial charge in [0.25, 0.3) is 0 Å². The molecule has 84 valence electrons. The summed E-state index contributed by atoms with van der Waals surface area (Å²) < 4.78 is 0. The van der Waals surface area contributed by atoms with E-state index in [9.17, 15) is 0 Å². The van der Waals surface area contributed by atoms with Gasteiger partial charge in [0.05, 0.1) is 0 Å². The van der Waals surface area contributed by atoms with Crippen LogP contribution in [-0.4, -0.2) is 25.7 Å². The lowest BCUT2D eigenvalue weighted by atomic mass is 9.55. The van der Waals surface area contributed by atoms with Crippen molar-refractivity contribution in [3.8, 4) is 0 Å². The van der Waals surface area contributed by atoms with Gasteiger partial charge in [-0.15, -0.1) is 0 Å². The number of hydrogen-bond donors (Lipinski definition) is 4. The summed E-state index contributed by atoms with van der Waals surface area (Å²) in [4.78, 5) is 0. The van der Waals surface area contributed by atoms with Crippen LogP contribution in [0.15, 0.2) is 0 Å². The maximum Gasteiger partial charge on any atom is 0.0111 e. The Morgan fingerprint density at radius 1 is 1.29 bits per heavy atom.